The summed E-state index contributed by atoms with van der Waals surface area (Å²) in [6.07, 6.45) is 3.61. The standard InChI is InChI=1S/C13H17N5OS/c1-9-7-20-8-10(9)11(19)14-12-15-13(17-16-12)18-5-3-2-4-6-18/h7-8H,2-6H2,1H3,(H2,14,15,16,17,19). The van der Waals surface area contributed by atoms with E-state index in [9.17, 15) is 4.79 Å². The van der Waals surface area contributed by atoms with Crippen LogP contribution in [-0.2, 0) is 0 Å². The highest BCUT2D eigenvalue weighted by atomic mass is 32.1. The van der Waals surface area contributed by atoms with Crippen molar-refractivity contribution in [1.82, 2.24) is 15.2 Å². The van der Waals surface area contributed by atoms with Crippen molar-refractivity contribution in [3.05, 3.63) is 21.9 Å². The van der Waals surface area contributed by atoms with Crippen LogP contribution >= 0.6 is 11.3 Å². The maximum absolute atomic E-state index is 12.1. The van der Waals surface area contributed by atoms with E-state index < -0.39 is 0 Å². The number of hydrogen-bond donors (Lipinski definition) is 2. The van der Waals surface area contributed by atoms with E-state index in [0.29, 0.717) is 17.5 Å². The maximum Gasteiger partial charge on any atom is 0.259 e. The lowest BCUT2D eigenvalue weighted by atomic mass is 10.1. The summed E-state index contributed by atoms with van der Waals surface area (Å²) >= 11 is 1.52. The second kappa shape index (κ2) is 5.62. The minimum Gasteiger partial charge on any atom is -0.340 e. The molecule has 2 N–H and O–H groups in total. The van der Waals surface area contributed by atoms with Gasteiger partial charge >= 0.3 is 0 Å². The monoisotopic (exact) mass is 291 g/mol. The minimum atomic E-state index is -0.148. The first-order valence-corrected chi connectivity index (χ1v) is 7.70. The lowest BCUT2D eigenvalue weighted by Crippen LogP contribution is -2.30. The van der Waals surface area contributed by atoms with Crippen molar-refractivity contribution in [3.8, 4) is 0 Å². The Labute approximate surface area is 121 Å². The molecule has 1 saturated heterocycles. The molecule has 106 valence electrons. The van der Waals surface area contributed by atoms with Gasteiger partial charge in [-0.25, -0.2) is 5.10 Å². The number of carbonyl (C=O) groups excluding carboxylic acids is 1. The molecule has 0 unspecified atom stereocenters. The number of amides is 1. The number of hydrogen-bond acceptors (Lipinski definition) is 5. The summed E-state index contributed by atoms with van der Waals surface area (Å²) in [7, 11) is 0. The number of carbonyl (C=O) groups is 1. The average Bonchev–Trinajstić information content (AvgIpc) is 3.09. The zero-order valence-corrected chi connectivity index (χ0v) is 12.2. The van der Waals surface area contributed by atoms with Crippen LogP contribution in [0.3, 0.4) is 0 Å². The quantitative estimate of drug-likeness (QED) is 0.910. The Hall–Kier alpha value is -1.89. The highest BCUT2D eigenvalue weighted by Gasteiger charge is 2.17. The first kappa shape index (κ1) is 13.1. The summed E-state index contributed by atoms with van der Waals surface area (Å²) in [5.41, 5.74) is 1.66. The zero-order valence-electron chi connectivity index (χ0n) is 11.3. The number of rotatable bonds is 3. The van der Waals surface area contributed by atoms with Gasteiger partial charge in [0.15, 0.2) is 0 Å². The number of aromatic amines is 1. The number of piperidine rings is 1. The Kier molecular flexibility index (Phi) is 3.68. The van der Waals surface area contributed by atoms with Crippen LogP contribution in [0.5, 0.6) is 0 Å². The van der Waals surface area contributed by atoms with E-state index in [2.05, 4.69) is 25.4 Å². The molecular weight excluding hydrogens is 274 g/mol. The predicted octanol–water partition coefficient (Wildman–Crippen LogP) is 2.42. The van der Waals surface area contributed by atoms with Crippen LogP contribution in [0.15, 0.2) is 10.8 Å². The van der Waals surface area contributed by atoms with E-state index in [-0.39, 0.29) is 5.91 Å². The van der Waals surface area contributed by atoms with E-state index in [4.69, 9.17) is 0 Å². The summed E-state index contributed by atoms with van der Waals surface area (Å²) in [5, 5.41) is 13.5. The fourth-order valence-corrected chi connectivity index (χ4v) is 3.14. The predicted molar refractivity (Wildman–Crippen MR) is 79.5 cm³/mol. The molecular formula is C13H17N5OS. The molecule has 0 aromatic carbocycles. The van der Waals surface area contributed by atoms with Crippen molar-refractivity contribution in [1.29, 1.82) is 0 Å². The smallest absolute Gasteiger partial charge is 0.259 e. The summed E-state index contributed by atoms with van der Waals surface area (Å²) in [5.74, 6) is 0.924. The lowest BCUT2D eigenvalue weighted by molar-refractivity contribution is 0.102. The number of aryl methyl sites for hydroxylation is 1. The van der Waals surface area contributed by atoms with Crippen LogP contribution in [0, 0.1) is 6.92 Å². The fourth-order valence-electron chi connectivity index (χ4n) is 2.31. The SMILES string of the molecule is Cc1cscc1C(=O)Nc1nc(N2CCCCC2)n[nH]1. The first-order valence-electron chi connectivity index (χ1n) is 6.75. The van der Waals surface area contributed by atoms with Gasteiger partial charge in [0, 0.05) is 18.5 Å². The minimum absolute atomic E-state index is 0.148. The van der Waals surface area contributed by atoms with Crippen LogP contribution in [0.4, 0.5) is 11.9 Å². The lowest BCUT2D eigenvalue weighted by Gasteiger charge is -2.24. The van der Waals surface area contributed by atoms with Gasteiger partial charge in [-0.05, 0) is 37.1 Å². The largest absolute Gasteiger partial charge is 0.340 e. The number of nitrogens with zero attached hydrogens (tertiary/aromatic N) is 3. The Bertz CT molecular complexity index is 599. The summed E-state index contributed by atoms with van der Waals surface area (Å²) in [4.78, 5) is 18.6. The van der Waals surface area contributed by atoms with Gasteiger partial charge in [-0.3, -0.25) is 10.1 Å². The normalized spacial score (nSPS) is 15.3. The Morgan fingerprint density at radius 1 is 1.35 bits per heavy atom. The molecule has 1 aliphatic rings. The van der Waals surface area contributed by atoms with Gasteiger partial charge in [-0.15, -0.1) is 5.10 Å². The molecule has 0 radical (unpaired) electrons. The van der Waals surface area contributed by atoms with Crippen molar-refractivity contribution in [2.24, 2.45) is 0 Å². The molecule has 6 nitrogen and oxygen atoms in total. The number of thiophene rings is 1. The van der Waals surface area contributed by atoms with Gasteiger partial charge in [0.1, 0.15) is 0 Å². The molecule has 2 aromatic heterocycles. The van der Waals surface area contributed by atoms with Crippen LogP contribution in [0.1, 0.15) is 35.2 Å². The molecule has 0 atom stereocenters. The van der Waals surface area contributed by atoms with E-state index >= 15 is 0 Å². The Morgan fingerprint density at radius 2 is 2.15 bits per heavy atom. The molecule has 1 amide bonds. The molecule has 3 rings (SSSR count). The fraction of sp³-hybridized carbons (Fsp3) is 0.462. The molecule has 3 heterocycles. The number of H-pyrrole nitrogens is 1. The summed E-state index contributed by atoms with van der Waals surface area (Å²) < 4.78 is 0. The Morgan fingerprint density at radius 3 is 2.85 bits per heavy atom. The van der Waals surface area contributed by atoms with E-state index in [1.165, 1.54) is 30.6 Å². The second-order valence-corrected chi connectivity index (χ2v) is 5.70. The topological polar surface area (TPSA) is 73.9 Å². The van der Waals surface area contributed by atoms with Crippen LogP contribution in [-0.4, -0.2) is 34.2 Å². The number of anilines is 2. The van der Waals surface area contributed by atoms with Crippen molar-refractivity contribution in [3.63, 3.8) is 0 Å². The van der Waals surface area contributed by atoms with Crippen LogP contribution in [0.25, 0.3) is 0 Å². The highest BCUT2D eigenvalue weighted by Crippen LogP contribution is 2.18. The third kappa shape index (κ3) is 2.67. The molecule has 1 fully saturated rings. The molecule has 20 heavy (non-hydrogen) atoms. The van der Waals surface area contributed by atoms with E-state index in [0.717, 1.165) is 18.7 Å². The molecule has 0 bridgehead atoms. The number of nitrogens with one attached hydrogen (secondary N) is 2. The van der Waals surface area contributed by atoms with Crippen LogP contribution < -0.4 is 10.2 Å². The second-order valence-electron chi connectivity index (χ2n) is 4.95. The van der Waals surface area contributed by atoms with Gasteiger partial charge in [-0.2, -0.15) is 16.3 Å². The zero-order chi connectivity index (χ0) is 13.9. The summed E-state index contributed by atoms with van der Waals surface area (Å²) in [6, 6.07) is 0. The molecule has 7 heteroatoms. The molecule has 0 spiro atoms. The molecule has 0 saturated carbocycles. The van der Waals surface area contributed by atoms with Crippen molar-refractivity contribution < 1.29 is 4.79 Å². The van der Waals surface area contributed by atoms with E-state index in [1.54, 1.807) is 0 Å². The molecule has 2 aromatic rings. The van der Waals surface area contributed by atoms with Crippen molar-refractivity contribution >= 4 is 29.1 Å². The summed E-state index contributed by atoms with van der Waals surface area (Å²) in [6.45, 7) is 3.88. The van der Waals surface area contributed by atoms with Crippen molar-refractivity contribution in [2.75, 3.05) is 23.3 Å². The first-order chi connectivity index (χ1) is 9.74. The third-order valence-electron chi connectivity index (χ3n) is 3.44. The van der Waals surface area contributed by atoms with Gasteiger partial charge in [0.05, 0.1) is 5.56 Å². The van der Waals surface area contributed by atoms with Gasteiger partial charge in [-0.1, -0.05) is 0 Å². The number of aromatic nitrogens is 3. The maximum atomic E-state index is 12.1. The van der Waals surface area contributed by atoms with Gasteiger partial charge < -0.3 is 4.90 Å². The molecule has 0 aliphatic carbocycles. The Balaban J connectivity index is 1.68. The highest BCUT2D eigenvalue weighted by molar-refractivity contribution is 7.08. The van der Waals surface area contributed by atoms with Gasteiger partial charge in [0.25, 0.3) is 5.91 Å². The van der Waals surface area contributed by atoms with Crippen molar-refractivity contribution in [2.45, 2.75) is 26.2 Å². The van der Waals surface area contributed by atoms with E-state index in [1.807, 2.05) is 17.7 Å². The van der Waals surface area contributed by atoms with Gasteiger partial charge in [0.2, 0.25) is 11.9 Å². The van der Waals surface area contributed by atoms with Crippen LogP contribution in [0.2, 0.25) is 0 Å². The third-order valence-corrected chi connectivity index (χ3v) is 4.31. The average molecular weight is 291 g/mol. The molecule has 1 aliphatic heterocycles.